The standard InChI is InChI=1S/C42H67N3O5/c1-24(46)44-45-34(49)28-23-31(37(28,4)5)43-35(50)42-17-13-26(38(6)18-19-38)33(42)27-10-11-30-39(7)15-12-25(22-32(47)48)36(2,3)29(39)14-16-41(30,9)40(27,8)20-21-42/h25-31,33H,10-23H2,1-9H3,(H,43,50)(H,44,46)(H,45,49)(H,47,48)/t25-,26+,27+,28+,29+,30+,31+,33+,39+,40+,41+,42-/m0/s1. The zero-order valence-corrected chi connectivity index (χ0v) is 32.6. The highest BCUT2D eigenvalue weighted by Gasteiger charge is 2.73. The van der Waals surface area contributed by atoms with Crippen LogP contribution in [0.15, 0.2) is 0 Å². The van der Waals surface area contributed by atoms with E-state index in [4.69, 9.17) is 0 Å². The number of hydrazine groups is 1. The molecule has 3 amide bonds. The molecule has 0 spiro atoms. The van der Waals surface area contributed by atoms with Gasteiger partial charge in [0.15, 0.2) is 0 Å². The van der Waals surface area contributed by atoms with E-state index < -0.39 is 11.4 Å². The molecule has 0 aromatic rings. The second-order valence-electron chi connectivity index (χ2n) is 21.1. The Balaban J connectivity index is 1.16. The number of rotatable bonds is 6. The fourth-order valence-electron chi connectivity index (χ4n) is 15.1. The summed E-state index contributed by atoms with van der Waals surface area (Å²) in [6, 6.07) is -0.0648. The SMILES string of the molecule is CC(=O)NNC(=O)[C@H]1C[C@@H](NC(=O)[C@]23CC[C@@H](C4(C)CC4)[C@@H]2[C@H]2CC[C@@H]4[C@]5(C)CC[C@@H](CC(=O)O)C(C)(C)[C@H]5CC[C@@]4(C)[C@]2(C)CC3)C1(C)C. The maximum Gasteiger partial charge on any atom is 0.303 e. The first-order valence-corrected chi connectivity index (χ1v) is 20.3. The molecule has 0 saturated heterocycles. The number of carbonyl (C=O) groups is 4. The average molecular weight is 694 g/mol. The molecule has 0 unspecified atom stereocenters. The van der Waals surface area contributed by atoms with E-state index in [1.54, 1.807) is 0 Å². The summed E-state index contributed by atoms with van der Waals surface area (Å²) >= 11 is 0. The highest BCUT2D eigenvalue weighted by atomic mass is 16.4. The number of carboxylic acid groups (broad SMARTS) is 1. The van der Waals surface area contributed by atoms with E-state index >= 15 is 0 Å². The topological polar surface area (TPSA) is 125 Å². The molecule has 0 bridgehead atoms. The van der Waals surface area contributed by atoms with Gasteiger partial charge in [0.25, 0.3) is 0 Å². The number of nitrogens with one attached hydrogen (secondary N) is 3. The first-order valence-electron chi connectivity index (χ1n) is 20.3. The molecular weight excluding hydrogens is 626 g/mol. The van der Waals surface area contributed by atoms with Crippen LogP contribution in [0, 0.1) is 79.3 Å². The van der Waals surface area contributed by atoms with Crippen LogP contribution in [0.1, 0.15) is 152 Å². The molecule has 7 fully saturated rings. The molecule has 7 aliphatic rings. The second kappa shape index (κ2) is 11.4. The van der Waals surface area contributed by atoms with Gasteiger partial charge in [0.05, 0.1) is 5.41 Å². The summed E-state index contributed by atoms with van der Waals surface area (Å²) in [4.78, 5) is 51.1. The second-order valence-corrected chi connectivity index (χ2v) is 21.1. The average Bonchev–Trinajstić information content (AvgIpc) is 3.64. The lowest BCUT2D eigenvalue weighted by atomic mass is 9.31. The van der Waals surface area contributed by atoms with Crippen molar-refractivity contribution in [2.45, 2.75) is 158 Å². The monoisotopic (exact) mass is 694 g/mol. The molecule has 7 aliphatic carbocycles. The molecule has 280 valence electrons. The summed E-state index contributed by atoms with van der Waals surface area (Å²) < 4.78 is 0. The summed E-state index contributed by atoms with van der Waals surface area (Å²) in [6.07, 6.45) is 14.6. The summed E-state index contributed by atoms with van der Waals surface area (Å²) in [5.74, 6) is 1.74. The molecule has 0 radical (unpaired) electrons. The van der Waals surface area contributed by atoms with Gasteiger partial charge >= 0.3 is 5.97 Å². The highest BCUT2D eigenvalue weighted by molar-refractivity contribution is 5.86. The van der Waals surface area contributed by atoms with Crippen molar-refractivity contribution in [2.24, 2.45) is 79.3 Å². The van der Waals surface area contributed by atoms with Crippen molar-refractivity contribution in [3.8, 4) is 0 Å². The van der Waals surface area contributed by atoms with Crippen LogP contribution in [-0.2, 0) is 19.2 Å². The third-order valence-electron chi connectivity index (χ3n) is 18.7. The van der Waals surface area contributed by atoms with Gasteiger partial charge in [-0.25, -0.2) is 0 Å². The lowest BCUT2D eigenvalue weighted by Crippen LogP contribution is -2.68. The molecule has 0 heterocycles. The van der Waals surface area contributed by atoms with Crippen molar-refractivity contribution < 1.29 is 24.3 Å². The third kappa shape index (κ3) is 4.93. The van der Waals surface area contributed by atoms with Crippen molar-refractivity contribution in [3.63, 3.8) is 0 Å². The maximum atomic E-state index is 14.9. The van der Waals surface area contributed by atoms with E-state index in [0.717, 1.165) is 38.5 Å². The van der Waals surface area contributed by atoms with Gasteiger partial charge in [0.2, 0.25) is 17.7 Å². The summed E-state index contributed by atoms with van der Waals surface area (Å²) in [5.41, 5.74) is 5.18. The lowest BCUT2D eigenvalue weighted by Gasteiger charge is -2.73. The van der Waals surface area contributed by atoms with E-state index in [9.17, 15) is 24.3 Å². The number of aliphatic carboxylic acids is 1. The number of amides is 3. The first-order chi connectivity index (χ1) is 23.2. The molecule has 50 heavy (non-hydrogen) atoms. The maximum absolute atomic E-state index is 14.9. The van der Waals surface area contributed by atoms with E-state index in [1.807, 2.05) is 0 Å². The molecule has 7 saturated carbocycles. The van der Waals surface area contributed by atoms with Crippen LogP contribution in [0.3, 0.4) is 0 Å². The van der Waals surface area contributed by atoms with Gasteiger partial charge in [-0.1, -0.05) is 55.4 Å². The number of carbonyl (C=O) groups excluding carboxylic acids is 3. The van der Waals surface area contributed by atoms with Crippen LogP contribution in [0.4, 0.5) is 0 Å². The van der Waals surface area contributed by atoms with E-state index in [1.165, 1.54) is 45.4 Å². The van der Waals surface area contributed by atoms with Crippen molar-refractivity contribution in [3.05, 3.63) is 0 Å². The summed E-state index contributed by atoms with van der Waals surface area (Å²) in [6.45, 7) is 20.7. The van der Waals surface area contributed by atoms with Crippen LogP contribution in [0.25, 0.3) is 0 Å². The molecule has 4 N–H and O–H groups in total. The predicted molar refractivity (Wildman–Crippen MR) is 193 cm³/mol. The molecule has 12 atom stereocenters. The van der Waals surface area contributed by atoms with Crippen LogP contribution >= 0.6 is 0 Å². The Kier molecular flexibility index (Phi) is 8.29. The minimum atomic E-state index is -0.654. The van der Waals surface area contributed by atoms with Gasteiger partial charge in [-0.3, -0.25) is 30.0 Å². The lowest BCUT2D eigenvalue weighted by molar-refractivity contribution is -0.244. The fourth-order valence-corrected chi connectivity index (χ4v) is 15.1. The van der Waals surface area contributed by atoms with E-state index in [2.05, 4.69) is 71.6 Å². The van der Waals surface area contributed by atoms with Gasteiger partial charge in [0.1, 0.15) is 0 Å². The molecule has 8 nitrogen and oxygen atoms in total. The minimum Gasteiger partial charge on any atom is -0.481 e. The Labute approximate surface area is 301 Å². The van der Waals surface area contributed by atoms with Crippen LogP contribution in [-0.4, -0.2) is 34.8 Å². The first kappa shape index (κ1) is 36.2. The smallest absolute Gasteiger partial charge is 0.303 e. The van der Waals surface area contributed by atoms with Crippen molar-refractivity contribution >= 4 is 23.7 Å². The zero-order chi connectivity index (χ0) is 36.4. The summed E-state index contributed by atoms with van der Waals surface area (Å²) in [5, 5.41) is 13.3. The van der Waals surface area contributed by atoms with E-state index in [0.29, 0.717) is 41.4 Å². The Morgan fingerprint density at radius 3 is 2.00 bits per heavy atom. The minimum absolute atomic E-state index is 0.0142. The van der Waals surface area contributed by atoms with Crippen molar-refractivity contribution in [1.29, 1.82) is 0 Å². The normalized spacial score (nSPS) is 47.5. The third-order valence-corrected chi connectivity index (χ3v) is 18.7. The highest BCUT2D eigenvalue weighted by Crippen LogP contribution is 2.79. The quantitative estimate of drug-likeness (QED) is 0.213. The van der Waals surface area contributed by atoms with Crippen molar-refractivity contribution in [1.82, 2.24) is 16.2 Å². The van der Waals surface area contributed by atoms with Gasteiger partial charge < -0.3 is 10.4 Å². The van der Waals surface area contributed by atoms with Gasteiger partial charge in [-0.2, -0.15) is 0 Å². The summed E-state index contributed by atoms with van der Waals surface area (Å²) in [7, 11) is 0. The predicted octanol–water partition coefficient (Wildman–Crippen LogP) is 7.66. The Morgan fingerprint density at radius 1 is 0.680 bits per heavy atom. The van der Waals surface area contributed by atoms with Crippen LogP contribution in [0.2, 0.25) is 0 Å². The van der Waals surface area contributed by atoms with Crippen LogP contribution < -0.4 is 16.2 Å². The number of hydrogen-bond acceptors (Lipinski definition) is 4. The number of fused-ring (bicyclic) bond motifs is 7. The Morgan fingerprint density at radius 2 is 1.38 bits per heavy atom. The Hall–Kier alpha value is -2.12. The number of carboxylic acids is 1. The zero-order valence-electron chi connectivity index (χ0n) is 32.6. The van der Waals surface area contributed by atoms with Gasteiger partial charge in [-0.15, -0.1) is 0 Å². The van der Waals surface area contributed by atoms with E-state index in [-0.39, 0.29) is 69.1 Å². The Bertz CT molecular complexity index is 1450. The molecule has 8 heteroatoms. The number of hydrogen-bond donors (Lipinski definition) is 4. The van der Waals surface area contributed by atoms with Gasteiger partial charge in [-0.05, 0) is 151 Å². The molecule has 0 aromatic carbocycles. The molecule has 0 aliphatic heterocycles. The van der Waals surface area contributed by atoms with Crippen LogP contribution in [0.5, 0.6) is 0 Å². The molecular formula is C42H67N3O5. The fraction of sp³-hybridized carbons (Fsp3) is 0.905. The van der Waals surface area contributed by atoms with Gasteiger partial charge in [0, 0.05) is 25.3 Å². The largest absolute Gasteiger partial charge is 0.481 e. The molecule has 0 aromatic heterocycles. The molecule has 7 rings (SSSR count). The van der Waals surface area contributed by atoms with Crippen molar-refractivity contribution in [2.75, 3.05) is 0 Å².